The highest BCUT2D eigenvalue weighted by molar-refractivity contribution is 5.74. The van der Waals surface area contributed by atoms with Crippen LogP contribution in [0, 0.1) is 0 Å². The molecule has 2 rings (SSSR count). The summed E-state index contributed by atoms with van der Waals surface area (Å²) in [5, 5.41) is 12.4. The van der Waals surface area contributed by atoms with Crippen molar-refractivity contribution in [2.75, 3.05) is 7.05 Å². The molecule has 0 radical (unpaired) electrons. The molecule has 1 aliphatic rings. The van der Waals surface area contributed by atoms with Crippen LogP contribution in [0.3, 0.4) is 0 Å². The van der Waals surface area contributed by atoms with Gasteiger partial charge < -0.3 is 15.3 Å². The first-order valence-corrected chi connectivity index (χ1v) is 8.37. The highest BCUT2D eigenvalue weighted by atomic mass is 16.3. The first-order valence-electron chi connectivity index (χ1n) is 8.37. The molecular weight excluding hydrogens is 276 g/mol. The smallest absolute Gasteiger partial charge is 0.317 e. The standard InChI is InChI=1S/C18H28N2O2/c1-14(8-9-15-10-12-17(21)13-11-15)19-18(22)20(2)16-6-4-3-5-7-16/h10-14,16,21H,3-9H2,1-2H3,(H,19,22). The number of nitrogens with one attached hydrogen (secondary N) is 1. The van der Waals surface area contributed by atoms with Crippen LogP contribution in [-0.2, 0) is 6.42 Å². The fourth-order valence-corrected chi connectivity index (χ4v) is 3.06. The summed E-state index contributed by atoms with van der Waals surface area (Å²) in [6.45, 7) is 2.05. The maximum Gasteiger partial charge on any atom is 0.317 e. The highest BCUT2D eigenvalue weighted by Crippen LogP contribution is 2.21. The number of nitrogens with zero attached hydrogens (tertiary/aromatic N) is 1. The number of hydrogen-bond donors (Lipinski definition) is 2. The fraction of sp³-hybridized carbons (Fsp3) is 0.611. The molecule has 1 aromatic rings. The Morgan fingerprint density at radius 1 is 1.27 bits per heavy atom. The maximum atomic E-state index is 12.3. The number of phenolic OH excluding ortho intramolecular Hbond substituents is 1. The molecule has 0 aromatic heterocycles. The molecule has 0 saturated heterocycles. The van der Waals surface area contributed by atoms with E-state index in [4.69, 9.17) is 0 Å². The molecular formula is C18H28N2O2. The number of aromatic hydroxyl groups is 1. The molecule has 0 heterocycles. The molecule has 4 nitrogen and oxygen atoms in total. The van der Waals surface area contributed by atoms with E-state index in [0.717, 1.165) is 25.7 Å². The molecule has 1 unspecified atom stereocenters. The van der Waals surface area contributed by atoms with E-state index in [1.807, 2.05) is 31.0 Å². The lowest BCUT2D eigenvalue weighted by Crippen LogP contribution is -2.47. The van der Waals surface area contributed by atoms with E-state index in [9.17, 15) is 9.90 Å². The molecule has 4 heteroatoms. The second-order valence-electron chi connectivity index (χ2n) is 6.46. The van der Waals surface area contributed by atoms with E-state index in [2.05, 4.69) is 5.32 Å². The van der Waals surface area contributed by atoms with Crippen molar-refractivity contribution in [3.63, 3.8) is 0 Å². The summed E-state index contributed by atoms with van der Waals surface area (Å²) >= 11 is 0. The number of carbonyl (C=O) groups is 1. The zero-order valence-corrected chi connectivity index (χ0v) is 13.7. The Morgan fingerprint density at radius 3 is 2.55 bits per heavy atom. The molecule has 0 aliphatic heterocycles. The summed E-state index contributed by atoms with van der Waals surface area (Å²) in [6.07, 6.45) is 7.83. The van der Waals surface area contributed by atoms with Crippen molar-refractivity contribution in [1.29, 1.82) is 0 Å². The van der Waals surface area contributed by atoms with Gasteiger partial charge in [-0.25, -0.2) is 4.79 Å². The minimum Gasteiger partial charge on any atom is -0.508 e. The summed E-state index contributed by atoms with van der Waals surface area (Å²) < 4.78 is 0. The van der Waals surface area contributed by atoms with E-state index >= 15 is 0 Å². The zero-order chi connectivity index (χ0) is 15.9. The number of amides is 2. The molecule has 122 valence electrons. The number of benzene rings is 1. The monoisotopic (exact) mass is 304 g/mol. The van der Waals surface area contributed by atoms with Crippen LogP contribution in [0.4, 0.5) is 4.79 Å². The van der Waals surface area contributed by atoms with Crippen molar-refractivity contribution < 1.29 is 9.90 Å². The predicted octanol–water partition coefficient (Wildman–Crippen LogP) is 3.69. The van der Waals surface area contributed by atoms with Gasteiger partial charge in [0.1, 0.15) is 5.75 Å². The first-order chi connectivity index (χ1) is 10.6. The topological polar surface area (TPSA) is 52.6 Å². The van der Waals surface area contributed by atoms with Gasteiger partial charge in [0.15, 0.2) is 0 Å². The van der Waals surface area contributed by atoms with Gasteiger partial charge >= 0.3 is 6.03 Å². The van der Waals surface area contributed by atoms with Gasteiger partial charge in [-0.1, -0.05) is 31.4 Å². The highest BCUT2D eigenvalue weighted by Gasteiger charge is 2.22. The minimum absolute atomic E-state index is 0.0464. The van der Waals surface area contributed by atoms with Gasteiger partial charge in [-0.2, -0.15) is 0 Å². The third-order valence-electron chi connectivity index (χ3n) is 4.62. The van der Waals surface area contributed by atoms with Crippen LogP contribution < -0.4 is 5.32 Å². The Kier molecular flexibility index (Phi) is 6.10. The number of rotatable bonds is 5. The second kappa shape index (κ2) is 8.06. The second-order valence-corrected chi connectivity index (χ2v) is 6.46. The molecule has 1 saturated carbocycles. The number of carbonyl (C=O) groups excluding carboxylic acids is 1. The Hall–Kier alpha value is -1.71. The Labute approximate surface area is 133 Å². The van der Waals surface area contributed by atoms with Crippen molar-refractivity contribution in [2.24, 2.45) is 0 Å². The average molecular weight is 304 g/mol. The molecule has 1 aromatic carbocycles. The van der Waals surface area contributed by atoms with Crippen molar-refractivity contribution in [2.45, 2.75) is 64.0 Å². The average Bonchev–Trinajstić information content (AvgIpc) is 2.54. The SMILES string of the molecule is CC(CCc1ccc(O)cc1)NC(=O)N(C)C1CCCCC1. The quantitative estimate of drug-likeness (QED) is 0.871. The van der Waals surface area contributed by atoms with Crippen LogP contribution in [0.2, 0.25) is 0 Å². The van der Waals surface area contributed by atoms with E-state index in [1.54, 1.807) is 12.1 Å². The summed E-state index contributed by atoms with van der Waals surface area (Å²) in [7, 11) is 1.91. The van der Waals surface area contributed by atoms with Gasteiger partial charge in [-0.05, 0) is 50.3 Å². The van der Waals surface area contributed by atoms with Crippen molar-refractivity contribution in [1.82, 2.24) is 10.2 Å². The van der Waals surface area contributed by atoms with Gasteiger partial charge in [0.25, 0.3) is 0 Å². The number of aryl methyl sites for hydroxylation is 1. The van der Waals surface area contributed by atoms with Crippen molar-refractivity contribution >= 4 is 6.03 Å². The van der Waals surface area contributed by atoms with Crippen molar-refractivity contribution in [3.05, 3.63) is 29.8 Å². The van der Waals surface area contributed by atoms with Gasteiger partial charge in [-0.3, -0.25) is 0 Å². The molecule has 0 bridgehead atoms. The van der Waals surface area contributed by atoms with Crippen LogP contribution in [0.5, 0.6) is 5.75 Å². The fourth-order valence-electron chi connectivity index (χ4n) is 3.06. The van der Waals surface area contributed by atoms with E-state index in [0.29, 0.717) is 11.8 Å². The lowest BCUT2D eigenvalue weighted by Gasteiger charge is -2.32. The molecule has 2 N–H and O–H groups in total. The molecule has 1 atom stereocenters. The number of urea groups is 1. The predicted molar refractivity (Wildman–Crippen MR) is 89.1 cm³/mol. The maximum absolute atomic E-state index is 12.3. The van der Waals surface area contributed by atoms with Crippen LogP contribution >= 0.6 is 0 Å². The van der Waals surface area contributed by atoms with Crippen LogP contribution in [-0.4, -0.2) is 35.2 Å². The normalized spacial score (nSPS) is 17.0. The molecule has 1 aliphatic carbocycles. The van der Waals surface area contributed by atoms with Gasteiger partial charge in [0.05, 0.1) is 0 Å². The minimum atomic E-state index is 0.0464. The first kappa shape index (κ1) is 16.7. The third kappa shape index (κ3) is 4.93. The summed E-state index contributed by atoms with van der Waals surface area (Å²) in [5.74, 6) is 0.291. The Balaban J connectivity index is 1.74. The van der Waals surface area contributed by atoms with Gasteiger partial charge in [-0.15, -0.1) is 0 Å². The lowest BCUT2D eigenvalue weighted by atomic mass is 9.95. The summed E-state index contributed by atoms with van der Waals surface area (Å²) in [4.78, 5) is 14.2. The van der Waals surface area contributed by atoms with Gasteiger partial charge in [0, 0.05) is 19.1 Å². The van der Waals surface area contributed by atoms with Crippen LogP contribution in [0.25, 0.3) is 0 Å². The largest absolute Gasteiger partial charge is 0.508 e. The Morgan fingerprint density at radius 2 is 1.91 bits per heavy atom. The van der Waals surface area contributed by atoms with Gasteiger partial charge in [0.2, 0.25) is 0 Å². The molecule has 0 spiro atoms. The molecule has 1 fully saturated rings. The van der Waals surface area contributed by atoms with Crippen molar-refractivity contribution in [3.8, 4) is 5.75 Å². The van der Waals surface area contributed by atoms with E-state index in [1.165, 1.54) is 24.8 Å². The van der Waals surface area contributed by atoms with Crippen LogP contribution in [0.15, 0.2) is 24.3 Å². The molecule has 22 heavy (non-hydrogen) atoms. The van der Waals surface area contributed by atoms with E-state index in [-0.39, 0.29) is 12.1 Å². The summed E-state index contributed by atoms with van der Waals surface area (Å²) in [6, 6.07) is 7.86. The lowest BCUT2D eigenvalue weighted by molar-refractivity contribution is 0.170. The Bertz CT molecular complexity index is 466. The number of hydrogen-bond acceptors (Lipinski definition) is 2. The van der Waals surface area contributed by atoms with Crippen LogP contribution in [0.1, 0.15) is 51.0 Å². The third-order valence-corrected chi connectivity index (χ3v) is 4.62. The zero-order valence-electron chi connectivity index (χ0n) is 13.7. The number of phenols is 1. The molecule has 2 amide bonds. The summed E-state index contributed by atoms with van der Waals surface area (Å²) in [5.41, 5.74) is 1.18. The van der Waals surface area contributed by atoms with E-state index < -0.39 is 0 Å².